The summed E-state index contributed by atoms with van der Waals surface area (Å²) in [5.41, 5.74) is 1.81. The van der Waals surface area contributed by atoms with E-state index >= 15 is 0 Å². The molecule has 5 saturated carbocycles. The summed E-state index contributed by atoms with van der Waals surface area (Å²) >= 11 is 0. The Kier molecular flexibility index (Phi) is 0.897. The van der Waals surface area contributed by atoms with Gasteiger partial charge >= 0.3 is 0 Å². The average molecular weight is 188 g/mol. The Morgan fingerprint density at radius 1 is 1.07 bits per heavy atom. The van der Waals surface area contributed by atoms with Crippen LogP contribution in [0.5, 0.6) is 0 Å². The van der Waals surface area contributed by atoms with Gasteiger partial charge in [-0.1, -0.05) is 13.3 Å². The fourth-order valence-electron chi connectivity index (χ4n) is 7.07. The Labute approximate surface area is 86.5 Å². The highest BCUT2D eigenvalue weighted by Gasteiger charge is 2.86. The predicted molar refractivity (Wildman–Crippen MR) is 55.7 cm³/mol. The van der Waals surface area contributed by atoms with E-state index < -0.39 is 0 Å². The number of fused-ring (bicyclic) bond motifs is 3. The van der Waals surface area contributed by atoms with Crippen molar-refractivity contribution in [3.63, 3.8) is 0 Å². The molecule has 0 spiro atoms. The van der Waals surface area contributed by atoms with E-state index in [0.29, 0.717) is 0 Å². The lowest BCUT2D eigenvalue weighted by Crippen LogP contribution is -2.37. The summed E-state index contributed by atoms with van der Waals surface area (Å²) in [7, 11) is 0. The highest BCUT2D eigenvalue weighted by Crippen LogP contribution is 2.92. The molecule has 76 valence electrons. The second-order valence-corrected chi connectivity index (χ2v) is 7.35. The fraction of sp³-hybridized carbons (Fsp3) is 1.00. The van der Waals surface area contributed by atoms with Gasteiger partial charge in [-0.15, -0.1) is 0 Å². The molecule has 5 aliphatic rings. The molecule has 0 aliphatic heterocycles. The number of hydrogen-bond donors (Lipinski definition) is 0. The average Bonchev–Trinajstić information content (AvgIpc) is 2.31. The van der Waals surface area contributed by atoms with Gasteiger partial charge in [0.2, 0.25) is 0 Å². The normalized spacial score (nSPS) is 72.6. The summed E-state index contributed by atoms with van der Waals surface area (Å²) in [4.78, 5) is 0. The van der Waals surface area contributed by atoms with Gasteiger partial charge in [-0.05, 0) is 72.5 Å². The third-order valence-electron chi connectivity index (χ3n) is 7.32. The van der Waals surface area contributed by atoms with Crippen LogP contribution in [0.15, 0.2) is 0 Å². The monoisotopic (exact) mass is 188 g/mol. The summed E-state index contributed by atoms with van der Waals surface area (Å²) in [6, 6.07) is 0. The van der Waals surface area contributed by atoms with Crippen LogP contribution in [0.2, 0.25) is 0 Å². The number of hydrogen-bond acceptors (Lipinski definition) is 0. The van der Waals surface area contributed by atoms with E-state index in [1.807, 2.05) is 0 Å². The Morgan fingerprint density at radius 3 is 2.43 bits per heavy atom. The lowest BCUT2D eigenvalue weighted by Gasteiger charge is -2.45. The number of rotatable bonds is 1. The van der Waals surface area contributed by atoms with E-state index in [4.69, 9.17) is 0 Å². The minimum atomic E-state index is 0.876. The summed E-state index contributed by atoms with van der Waals surface area (Å²) in [6.45, 7) is 2.63. The van der Waals surface area contributed by atoms with E-state index in [1.165, 1.54) is 29.6 Å². The van der Waals surface area contributed by atoms with E-state index in [-0.39, 0.29) is 0 Å². The maximum absolute atomic E-state index is 2.63. The lowest BCUT2D eigenvalue weighted by atomic mass is 9.60. The van der Waals surface area contributed by atoms with Crippen LogP contribution in [0.4, 0.5) is 0 Å². The van der Waals surface area contributed by atoms with Gasteiger partial charge in [0.25, 0.3) is 0 Å². The molecule has 5 rings (SSSR count). The molecule has 0 nitrogen and oxygen atoms in total. The minimum Gasteiger partial charge on any atom is -0.0590 e. The smallest absolute Gasteiger partial charge is 0.0201 e. The second kappa shape index (κ2) is 1.72. The van der Waals surface area contributed by atoms with Crippen molar-refractivity contribution in [3.8, 4) is 0 Å². The van der Waals surface area contributed by atoms with Crippen molar-refractivity contribution in [2.24, 2.45) is 40.4 Å². The first-order chi connectivity index (χ1) is 6.77. The molecule has 0 aromatic heterocycles. The Bertz CT molecular complexity index is 329. The Balaban J connectivity index is 1.68. The molecule has 0 N–H and O–H groups in total. The van der Waals surface area contributed by atoms with Gasteiger partial charge < -0.3 is 0 Å². The van der Waals surface area contributed by atoms with Crippen LogP contribution in [0.25, 0.3) is 0 Å². The maximum Gasteiger partial charge on any atom is -0.0201 e. The summed E-state index contributed by atoms with van der Waals surface area (Å²) in [5.74, 6) is 6.02. The van der Waals surface area contributed by atoms with Crippen molar-refractivity contribution in [2.75, 3.05) is 0 Å². The van der Waals surface area contributed by atoms with E-state index in [0.717, 1.165) is 10.8 Å². The molecule has 14 heavy (non-hydrogen) atoms. The van der Waals surface area contributed by atoms with Gasteiger partial charge in [-0.2, -0.15) is 0 Å². The van der Waals surface area contributed by atoms with Crippen molar-refractivity contribution >= 4 is 0 Å². The SMILES string of the molecule is C[C@@]12CC3CC4C[C@@]3(C3CCC3)C1[C@@H]42. The van der Waals surface area contributed by atoms with Crippen molar-refractivity contribution in [3.05, 3.63) is 0 Å². The zero-order chi connectivity index (χ0) is 9.13. The molecule has 0 heterocycles. The molecule has 2 bridgehead atoms. The molecule has 0 aromatic carbocycles. The Hall–Kier alpha value is 0. The highest BCUT2D eigenvalue weighted by atomic mass is 14.9. The molecule has 3 unspecified atom stereocenters. The standard InChI is InChI=1S/C14H20/c1-13-7-10-5-8-6-14(10,9-3-2-4-9)12(13)11(8)13/h8-12H,2-7H2,1H3/t8?,10?,11-,12?,13+,14+/m1/s1. The minimum absolute atomic E-state index is 0.876. The van der Waals surface area contributed by atoms with Gasteiger partial charge in [0, 0.05) is 0 Å². The first-order valence-electron chi connectivity index (χ1n) is 6.77. The molecular formula is C14H20. The van der Waals surface area contributed by atoms with Gasteiger partial charge in [-0.25, -0.2) is 0 Å². The molecular weight excluding hydrogens is 168 g/mol. The predicted octanol–water partition coefficient (Wildman–Crippen LogP) is 3.47. The lowest BCUT2D eigenvalue weighted by molar-refractivity contribution is 0.0407. The zero-order valence-corrected chi connectivity index (χ0v) is 9.13. The first kappa shape index (κ1) is 7.30. The van der Waals surface area contributed by atoms with Crippen LogP contribution in [0.1, 0.15) is 45.4 Å². The van der Waals surface area contributed by atoms with E-state index in [9.17, 15) is 0 Å². The van der Waals surface area contributed by atoms with Gasteiger partial charge in [0.05, 0.1) is 0 Å². The topological polar surface area (TPSA) is 0 Å². The van der Waals surface area contributed by atoms with Crippen LogP contribution < -0.4 is 0 Å². The van der Waals surface area contributed by atoms with E-state index in [2.05, 4.69) is 6.92 Å². The molecule has 0 saturated heterocycles. The molecule has 5 aliphatic carbocycles. The van der Waals surface area contributed by atoms with Crippen molar-refractivity contribution in [1.82, 2.24) is 0 Å². The molecule has 6 atom stereocenters. The summed E-state index contributed by atoms with van der Waals surface area (Å²) in [6.07, 6.45) is 9.71. The highest BCUT2D eigenvalue weighted by molar-refractivity contribution is 5.34. The summed E-state index contributed by atoms with van der Waals surface area (Å²) in [5, 5.41) is 0. The molecule has 0 radical (unpaired) electrons. The molecule has 0 heteroatoms. The van der Waals surface area contributed by atoms with Gasteiger partial charge in [0.1, 0.15) is 0 Å². The zero-order valence-electron chi connectivity index (χ0n) is 9.13. The van der Waals surface area contributed by atoms with Crippen LogP contribution in [0, 0.1) is 40.4 Å². The van der Waals surface area contributed by atoms with Crippen molar-refractivity contribution in [2.45, 2.75) is 45.4 Å². The Morgan fingerprint density at radius 2 is 1.93 bits per heavy atom. The van der Waals surface area contributed by atoms with Crippen LogP contribution >= 0.6 is 0 Å². The fourth-order valence-corrected chi connectivity index (χ4v) is 7.07. The third kappa shape index (κ3) is 0.463. The van der Waals surface area contributed by atoms with Gasteiger partial charge in [0.15, 0.2) is 0 Å². The molecule has 0 aromatic rings. The molecule has 0 amide bonds. The van der Waals surface area contributed by atoms with Crippen LogP contribution in [-0.4, -0.2) is 0 Å². The van der Waals surface area contributed by atoms with Gasteiger partial charge in [-0.3, -0.25) is 0 Å². The quantitative estimate of drug-likeness (QED) is 0.591. The third-order valence-corrected chi connectivity index (χ3v) is 7.32. The van der Waals surface area contributed by atoms with E-state index in [1.54, 1.807) is 38.5 Å². The first-order valence-corrected chi connectivity index (χ1v) is 6.77. The van der Waals surface area contributed by atoms with Crippen molar-refractivity contribution in [1.29, 1.82) is 0 Å². The van der Waals surface area contributed by atoms with Crippen molar-refractivity contribution < 1.29 is 0 Å². The second-order valence-electron chi connectivity index (χ2n) is 7.35. The summed E-state index contributed by atoms with van der Waals surface area (Å²) < 4.78 is 0. The van der Waals surface area contributed by atoms with Crippen LogP contribution in [-0.2, 0) is 0 Å². The maximum atomic E-state index is 2.63. The largest absolute Gasteiger partial charge is 0.0590 e. The molecule has 5 fully saturated rings. The van der Waals surface area contributed by atoms with Crippen LogP contribution in [0.3, 0.4) is 0 Å².